The van der Waals surface area contributed by atoms with Crippen LogP contribution in [0.1, 0.15) is 28.9 Å². The van der Waals surface area contributed by atoms with Gasteiger partial charge in [-0.2, -0.15) is 0 Å². The Kier molecular flexibility index (Phi) is 6.26. The van der Waals surface area contributed by atoms with Crippen molar-refractivity contribution >= 4 is 28.9 Å². The second-order valence-corrected chi connectivity index (χ2v) is 8.13. The van der Waals surface area contributed by atoms with Crippen molar-refractivity contribution in [2.24, 2.45) is 0 Å². The zero-order chi connectivity index (χ0) is 20.9. The van der Waals surface area contributed by atoms with Crippen molar-refractivity contribution in [1.82, 2.24) is 4.98 Å². The highest BCUT2D eigenvalue weighted by atomic mass is 32.1. The molecule has 0 unspecified atom stereocenters. The van der Waals surface area contributed by atoms with E-state index in [1.807, 2.05) is 53.9 Å². The number of nitrogens with zero attached hydrogens (tertiary/aromatic N) is 2. The molecule has 0 atom stereocenters. The lowest BCUT2D eigenvalue weighted by Gasteiger charge is -2.31. The van der Waals surface area contributed by atoms with Gasteiger partial charge in [-0.3, -0.25) is 4.79 Å². The van der Waals surface area contributed by atoms with E-state index in [0.29, 0.717) is 5.56 Å². The van der Waals surface area contributed by atoms with Crippen LogP contribution < -0.4 is 9.64 Å². The molecule has 1 N–H and O–H groups in total. The summed E-state index contributed by atoms with van der Waals surface area (Å²) in [5, 5.41) is 12.5. The molecule has 1 aliphatic heterocycles. The van der Waals surface area contributed by atoms with Gasteiger partial charge in [0.05, 0.1) is 18.9 Å². The zero-order valence-electron chi connectivity index (χ0n) is 16.8. The summed E-state index contributed by atoms with van der Waals surface area (Å²) in [5.74, 6) is 0.741. The van der Waals surface area contributed by atoms with E-state index in [-0.39, 0.29) is 11.9 Å². The summed E-state index contributed by atoms with van der Waals surface area (Å²) in [6.45, 7) is 1.68. The number of thiazole rings is 1. The summed E-state index contributed by atoms with van der Waals surface area (Å²) < 4.78 is 5.27. The van der Waals surface area contributed by atoms with Gasteiger partial charge >= 0.3 is 0 Å². The zero-order valence-corrected chi connectivity index (χ0v) is 17.6. The minimum Gasteiger partial charge on any atom is -0.497 e. The fourth-order valence-electron chi connectivity index (χ4n) is 3.47. The number of benzene rings is 2. The van der Waals surface area contributed by atoms with E-state index in [1.54, 1.807) is 19.3 Å². The molecule has 4 rings (SSSR count). The maximum absolute atomic E-state index is 12.5. The Morgan fingerprint density at radius 2 is 1.97 bits per heavy atom. The monoisotopic (exact) mass is 420 g/mol. The van der Waals surface area contributed by atoms with Crippen molar-refractivity contribution in [3.05, 3.63) is 71.2 Å². The van der Waals surface area contributed by atoms with Crippen LogP contribution in [-0.4, -0.2) is 42.2 Å². The molecule has 30 heavy (non-hydrogen) atoms. The molecule has 1 aromatic heterocycles. The van der Waals surface area contributed by atoms with E-state index >= 15 is 0 Å². The quantitative estimate of drug-likeness (QED) is 0.464. The predicted molar refractivity (Wildman–Crippen MR) is 121 cm³/mol. The van der Waals surface area contributed by atoms with Crippen LogP contribution in [0.2, 0.25) is 0 Å². The van der Waals surface area contributed by atoms with Gasteiger partial charge in [0.15, 0.2) is 5.78 Å². The topological polar surface area (TPSA) is 62.7 Å². The van der Waals surface area contributed by atoms with Gasteiger partial charge < -0.3 is 14.7 Å². The van der Waals surface area contributed by atoms with Gasteiger partial charge in [-0.25, -0.2) is 4.98 Å². The van der Waals surface area contributed by atoms with Crippen LogP contribution in [-0.2, 0) is 0 Å². The van der Waals surface area contributed by atoms with E-state index in [1.165, 1.54) is 11.3 Å². The van der Waals surface area contributed by atoms with Crippen molar-refractivity contribution in [2.45, 2.75) is 18.9 Å². The van der Waals surface area contributed by atoms with Crippen molar-refractivity contribution in [3.8, 4) is 16.3 Å². The van der Waals surface area contributed by atoms with Crippen LogP contribution in [0, 0.1) is 0 Å². The van der Waals surface area contributed by atoms with Gasteiger partial charge in [-0.05, 0) is 61.4 Å². The second-order valence-electron chi connectivity index (χ2n) is 7.27. The van der Waals surface area contributed by atoms with Gasteiger partial charge in [0.1, 0.15) is 10.8 Å². The number of allylic oxidation sites excluding steroid dienone is 1. The molecule has 1 fully saturated rings. The molecule has 0 aliphatic carbocycles. The number of carbonyl (C=O) groups is 1. The second kappa shape index (κ2) is 9.24. The molecular weight excluding hydrogens is 396 g/mol. The van der Waals surface area contributed by atoms with Crippen molar-refractivity contribution in [3.63, 3.8) is 0 Å². The fourth-order valence-corrected chi connectivity index (χ4v) is 4.25. The number of anilines is 1. The van der Waals surface area contributed by atoms with Gasteiger partial charge in [0.25, 0.3) is 0 Å². The molecular formula is C24H24N2O3S. The highest BCUT2D eigenvalue weighted by Crippen LogP contribution is 2.27. The van der Waals surface area contributed by atoms with Crippen molar-refractivity contribution in [1.29, 1.82) is 0 Å². The van der Waals surface area contributed by atoms with Crippen LogP contribution in [0.5, 0.6) is 5.75 Å². The third-order valence-corrected chi connectivity index (χ3v) is 6.14. The fraction of sp³-hybridized carbons (Fsp3) is 0.250. The molecule has 1 aliphatic rings. The number of piperidine rings is 1. The number of ketones is 1. The largest absolute Gasteiger partial charge is 0.497 e. The first kappa shape index (κ1) is 20.3. The van der Waals surface area contributed by atoms with Crippen LogP contribution in [0.4, 0.5) is 5.69 Å². The summed E-state index contributed by atoms with van der Waals surface area (Å²) in [7, 11) is 1.64. The normalized spacial score (nSPS) is 14.9. The molecule has 2 heterocycles. The van der Waals surface area contributed by atoms with Crippen LogP contribution >= 0.6 is 11.3 Å². The van der Waals surface area contributed by atoms with E-state index in [9.17, 15) is 9.90 Å². The number of methoxy groups -OCH3 is 1. The summed E-state index contributed by atoms with van der Waals surface area (Å²) in [5.41, 5.74) is 3.49. The number of hydrogen-bond acceptors (Lipinski definition) is 6. The number of carbonyl (C=O) groups excluding carboxylic acids is 1. The number of hydrogen-bond donors (Lipinski definition) is 1. The van der Waals surface area contributed by atoms with E-state index in [4.69, 9.17) is 4.74 Å². The van der Waals surface area contributed by atoms with Gasteiger partial charge in [-0.1, -0.05) is 12.1 Å². The summed E-state index contributed by atoms with van der Waals surface area (Å²) in [6, 6.07) is 15.4. The van der Waals surface area contributed by atoms with Crippen molar-refractivity contribution in [2.75, 3.05) is 25.1 Å². The predicted octanol–water partition coefficient (Wildman–Crippen LogP) is 4.68. The lowest BCUT2D eigenvalue weighted by molar-refractivity contribution is 0.104. The minimum atomic E-state index is -0.192. The molecule has 6 heteroatoms. The first-order valence-corrected chi connectivity index (χ1v) is 10.9. The van der Waals surface area contributed by atoms with Crippen LogP contribution in [0.25, 0.3) is 16.6 Å². The molecule has 0 radical (unpaired) electrons. The smallest absolute Gasteiger partial charge is 0.185 e. The Morgan fingerprint density at radius 3 is 2.70 bits per heavy atom. The number of aliphatic hydroxyl groups is 1. The summed E-state index contributed by atoms with van der Waals surface area (Å²) >= 11 is 1.53. The Balaban J connectivity index is 1.40. The summed E-state index contributed by atoms with van der Waals surface area (Å²) in [6.07, 6.45) is 4.70. The molecule has 1 saturated heterocycles. The average Bonchev–Trinajstić information content (AvgIpc) is 3.27. The van der Waals surface area contributed by atoms with E-state index in [2.05, 4.69) is 9.88 Å². The number of ether oxygens (including phenoxy) is 1. The van der Waals surface area contributed by atoms with Crippen molar-refractivity contribution < 1.29 is 14.6 Å². The molecule has 154 valence electrons. The minimum absolute atomic E-state index is 0.0495. The van der Waals surface area contributed by atoms with Gasteiger partial charge in [-0.15, -0.1) is 11.3 Å². The lowest BCUT2D eigenvalue weighted by Crippen LogP contribution is -2.35. The maximum atomic E-state index is 12.5. The standard InChI is InChI=1S/C24H24N2O3S/c1-29-22-4-2-3-18(15-22)24-25-19(16-30-24)7-10-23(28)17-5-8-20(9-6-17)26-13-11-21(27)12-14-26/h2-10,15-16,21,27H,11-14H2,1H3/b10-7+. The third kappa shape index (κ3) is 4.78. The van der Waals surface area contributed by atoms with Crippen LogP contribution in [0.15, 0.2) is 60.0 Å². The highest BCUT2D eigenvalue weighted by molar-refractivity contribution is 7.13. The number of aliphatic hydroxyl groups excluding tert-OH is 1. The highest BCUT2D eigenvalue weighted by Gasteiger charge is 2.17. The SMILES string of the molecule is COc1cccc(-c2nc(/C=C/C(=O)c3ccc(N4CCC(O)CC4)cc3)cs2)c1. The van der Waals surface area contributed by atoms with Crippen LogP contribution in [0.3, 0.4) is 0 Å². The molecule has 2 aromatic carbocycles. The number of aromatic nitrogens is 1. The molecule has 0 spiro atoms. The Bertz CT molecular complexity index is 1030. The maximum Gasteiger partial charge on any atom is 0.185 e. The molecule has 0 amide bonds. The van der Waals surface area contributed by atoms with E-state index in [0.717, 1.165) is 53.6 Å². The Hall–Kier alpha value is -2.96. The average molecular weight is 421 g/mol. The van der Waals surface area contributed by atoms with E-state index < -0.39 is 0 Å². The number of rotatable bonds is 6. The lowest BCUT2D eigenvalue weighted by atomic mass is 10.1. The summed E-state index contributed by atoms with van der Waals surface area (Å²) in [4.78, 5) is 19.4. The van der Waals surface area contributed by atoms with Gasteiger partial charge in [0.2, 0.25) is 0 Å². The van der Waals surface area contributed by atoms with Gasteiger partial charge in [0, 0.05) is 35.3 Å². The Morgan fingerprint density at radius 1 is 1.20 bits per heavy atom. The Labute approximate surface area is 180 Å². The molecule has 3 aromatic rings. The first-order valence-electron chi connectivity index (χ1n) is 9.98. The molecule has 0 bridgehead atoms. The molecule has 5 nitrogen and oxygen atoms in total. The first-order chi connectivity index (χ1) is 14.6. The molecule has 0 saturated carbocycles. The third-order valence-electron chi connectivity index (χ3n) is 5.23.